The lowest BCUT2D eigenvalue weighted by molar-refractivity contribution is -0.129. The summed E-state index contributed by atoms with van der Waals surface area (Å²) in [6.45, 7) is 2.40. The predicted molar refractivity (Wildman–Crippen MR) is 101 cm³/mol. The second kappa shape index (κ2) is 8.58. The van der Waals surface area contributed by atoms with Gasteiger partial charge in [0.05, 0.1) is 12.6 Å². The van der Waals surface area contributed by atoms with Crippen molar-refractivity contribution in [2.75, 3.05) is 13.2 Å². The molecule has 1 heterocycles. The summed E-state index contributed by atoms with van der Waals surface area (Å²) >= 11 is 0. The molecule has 2 N–H and O–H groups in total. The van der Waals surface area contributed by atoms with E-state index >= 15 is 0 Å². The van der Waals surface area contributed by atoms with Gasteiger partial charge in [-0.3, -0.25) is 9.69 Å². The average molecular weight is 368 g/mol. The summed E-state index contributed by atoms with van der Waals surface area (Å²) in [4.78, 5) is 26.8. The number of rotatable bonds is 5. The van der Waals surface area contributed by atoms with E-state index in [2.05, 4.69) is 5.32 Å². The summed E-state index contributed by atoms with van der Waals surface area (Å²) in [6.07, 6.45) is 0.534. The van der Waals surface area contributed by atoms with Crippen LogP contribution in [0.5, 0.6) is 5.75 Å². The highest BCUT2D eigenvalue weighted by molar-refractivity contribution is 5.87. The Hall–Kier alpha value is -3.02. The summed E-state index contributed by atoms with van der Waals surface area (Å²) in [5.74, 6) is -0.0275. The van der Waals surface area contributed by atoms with Crippen LogP contribution < -0.4 is 5.32 Å². The fourth-order valence-corrected chi connectivity index (χ4v) is 3.33. The van der Waals surface area contributed by atoms with Crippen LogP contribution in [0.15, 0.2) is 54.6 Å². The van der Waals surface area contributed by atoms with Crippen LogP contribution in [0.3, 0.4) is 0 Å². The van der Waals surface area contributed by atoms with E-state index in [9.17, 15) is 14.7 Å². The third kappa shape index (κ3) is 4.78. The number of amides is 2. The van der Waals surface area contributed by atoms with Crippen LogP contribution in [-0.2, 0) is 22.4 Å². The van der Waals surface area contributed by atoms with E-state index in [1.165, 1.54) is 4.90 Å². The highest BCUT2D eigenvalue weighted by Crippen LogP contribution is 2.19. The number of nitrogens with zero attached hydrogens (tertiary/aromatic N) is 1. The van der Waals surface area contributed by atoms with Gasteiger partial charge in [-0.15, -0.1) is 0 Å². The number of carbonyl (C=O) groups excluding carboxylic acids is 2. The van der Waals surface area contributed by atoms with E-state index in [4.69, 9.17) is 4.74 Å². The maximum atomic E-state index is 12.8. The first-order chi connectivity index (χ1) is 13.1. The molecule has 1 fully saturated rings. The number of nitrogens with one attached hydrogen (secondary N) is 1. The van der Waals surface area contributed by atoms with Crippen molar-refractivity contribution >= 4 is 12.0 Å². The first-order valence-corrected chi connectivity index (χ1v) is 9.12. The van der Waals surface area contributed by atoms with Crippen LogP contribution >= 0.6 is 0 Å². The quantitative estimate of drug-likeness (QED) is 0.850. The molecule has 0 saturated carbocycles. The molecule has 6 heteroatoms. The molecule has 2 aromatic rings. The van der Waals surface area contributed by atoms with E-state index < -0.39 is 12.1 Å². The van der Waals surface area contributed by atoms with E-state index in [1.807, 2.05) is 30.3 Å². The number of hydrogen-bond acceptors (Lipinski definition) is 4. The molecule has 27 heavy (non-hydrogen) atoms. The number of hydrogen-bond donors (Lipinski definition) is 2. The maximum absolute atomic E-state index is 12.8. The lowest BCUT2D eigenvalue weighted by Gasteiger charge is -2.38. The zero-order chi connectivity index (χ0) is 19.2. The summed E-state index contributed by atoms with van der Waals surface area (Å²) < 4.78 is 5.18. The van der Waals surface area contributed by atoms with Gasteiger partial charge in [0.25, 0.3) is 0 Å². The van der Waals surface area contributed by atoms with Crippen LogP contribution in [0, 0.1) is 0 Å². The Morgan fingerprint density at radius 2 is 1.78 bits per heavy atom. The molecule has 0 unspecified atom stereocenters. The summed E-state index contributed by atoms with van der Waals surface area (Å²) in [5, 5.41) is 12.5. The van der Waals surface area contributed by atoms with E-state index in [-0.39, 0.29) is 24.3 Å². The number of aromatic hydroxyl groups is 1. The van der Waals surface area contributed by atoms with Gasteiger partial charge < -0.3 is 15.2 Å². The standard InChI is InChI=1S/C21H24N2O4/c1-2-27-21(26)23-14-17(12-15-6-4-3-5-7-15)22-20(25)19(23)13-16-8-10-18(24)11-9-16/h3-11,17,19,24H,2,12-14H2,1H3,(H,22,25)/t17-,19-/m0/s1. The number of piperazine rings is 1. The Bertz CT molecular complexity index is 777. The number of phenolic OH excluding ortho intramolecular Hbond substituents is 1. The monoisotopic (exact) mass is 368 g/mol. The SMILES string of the molecule is CCOC(=O)N1C[C@H](Cc2ccccc2)NC(=O)[C@@H]1Cc1ccc(O)cc1. The molecular formula is C21H24N2O4. The largest absolute Gasteiger partial charge is 0.508 e. The number of carbonyl (C=O) groups is 2. The van der Waals surface area contributed by atoms with Gasteiger partial charge in [0, 0.05) is 13.0 Å². The van der Waals surface area contributed by atoms with Crippen molar-refractivity contribution in [3.8, 4) is 5.75 Å². The molecule has 0 spiro atoms. The fraction of sp³-hybridized carbons (Fsp3) is 0.333. The molecule has 0 bridgehead atoms. The normalized spacial score (nSPS) is 19.4. The molecule has 0 aromatic heterocycles. The minimum Gasteiger partial charge on any atom is -0.508 e. The predicted octanol–water partition coefficient (Wildman–Crippen LogP) is 2.50. The van der Waals surface area contributed by atoms with Gasteiger partial charge in [-0.1, -0.05) is 42.5 Å². The third-order valence-corrected chi connectivity index (χ3v) is 4.63. The Kier molecular flexibility index (Phi) is 5.96. The lowest BCUT2D eigenvalue weighted by Crippen LogP contribution is -2.62. The van der Waals surface area contributed by atoms with Crippen LogP contribution in [0.1, 0.15) is 18.1 Å². The molecule has 3 rings (SSSR count). The van der Waals surface area contributed by atoms with Crippen molar-refractivity contribution in [3.63, 3.8) is 0 Å². The van der Waals surface area contributed by atoms with Crippen LogP contribution in [0.25, 0.3) is 0 Å². The van der Waals surface area contributed by atoms with Gasteiger partial charge in [0.1, 0.15) is 11.8 Å². The molecule has 2 atom stereocenters. The second-order valence-corrected chi connectivity index (χ2v) is 6.63. The van der Waals surface area contributed by atoms with Crippen LogP contribution in [-0.4, -0.2) is 47.2 Å². The topological polar surface area (TPSA) is 78.9 Å². The number of ether oxygens (including phenoxy) is 1. The highest BCUT2D eigenvalue weighted by Gasteiger charge is 2.38. The zero-order valence-electron chi connectivity index (χ0n) is 15.3. The van der Waals surface area contributed by atoms with Gasteiger partial charge in [-0.2, -0.15) is 0 Å². The summed E-state index contributed by atoms with van der Waals surface area (Å²) in [6, 6.07) is 15.7. The van der Waals surface area contributed by atoms with Gasteiger partial charge in [0.2, 0.25) is 5.91 Å². The third-order valence-electron chi connectivity index (χ3n) is 4.63. The maximum Gasteiger partial charge on any atom is 0.410 e. The number of phenols is 1. The van der Waals surface area contributed by atoms with Crippen molar-refractivity contribution < 1.29 is 19.4 Å². The first kappa shape index (κ1) is 18.8. The minimum absolute atomic E-state index is 0.164. The fourth-order valence-electron chi connectivity index (χ4n) is 3.33. The van der Waals surface area contributed by atoms with Crippen molar-refractivity contribution in [2.24, 2.45) is 0 Å². The average Bonchev–Trinajstić information content (AvgIpc) is 2.66. The van der Waals surface area contributed by atoms with Crippen molar-refractivity contribution in [3.05, 3.63) is 65.7 Å². The molecule has 2 aromatic carbocycles. The second-order valence-electron chi connectivity index (χ2n) is 6.63. The van der Waals surface area contributed by atoms with E-state index in [0.717, 1.165) is 11.1 Å². The lowest BCUT2D eigenvalue weighted by atomic mass is 9.97. The minimum atomic E-state index is -0.638. The van der Waals surface area contributed by atoms with E-state index in [0.29, 0.717) is 19.4 Å². The molecule has 1 aliphatic rings. The van der Waals surface area contributed by atoms with Gasteiger partial charge in [-0.25, -0.2) is 4.79 Å². The molecule has 0 aliphatic carbocycles. The molecule has 1 aliphatic heterocycles. The first-order valence-electron chi connectivity index (χ1n) is 9.12. The van der Waals surface area contributed by atoms with Crippen molar-refractivity contribution in [2.45, 2.75) is 31.8 Å². The van der Waals surface area contributed by atoms with Crippen LogP contribution in [0.4, 0.5) is 4.79 Å². The molecule has 1 saturated heterocycles. The van der Waals surface area contributed by atoms with E-state index in [1.54, 1.807) is 31.2 Å². The molecular weight excluding hydrogens is 344 g/mol. The Morgan fingerprint density at radius 3 is 2.44 bits per heavy atom. The summed E-state index contributed by atoms with van der Waals surface area (Å²) in [5.41, 5.74) is 1.97. The van der Waals surface area contributed by atoms with Gasteiger partial charge in [-0.05, 0) is 36.6 Å². The Labute approximate surface area is 158 Å². The number of benzene rings is 2. The molecule has 2 amide bonds. The molecule has 0 radical (unpaired) electrons. The summed E-state index contributed by atoms with van der Waals surface area (Å²) in [7, 11) is 0. The van der Waals surface area contributed by atoms with Crippen LogP contribution in [0.2, 0.25) is 0 Å². The zero-order valence-corrected chi connectivity index (χ0v) is 15.3. The smallest absolute Gasteiger partial charge is 0.410 e. The highest BCUT2D eigenvalue weighted by atomic mass is 16.6. The van der Waals surface area contributed by atoms with Crippen molar-refractivity contribution in [1.82, 2.24) is 10.2 Å². The Morgan fingerprint density at radius 1 is 1.11 bits per heavy atom. The van der Waals surface area contributed by atoms with Gasteiger partial charge in [0.15, 0.2) is 0 Å². The van der Waals surface area contributed by atoms with Crippen molar-refractivity contribution in [1.29, 1.82) is 0 Å². The Balaban J connectivity index is 1.76. The molecule has 6 nitrogen and oxygen atoms in total. The molecule has 142 valence electrons. The van der Waals surface area contributed by atoms with Gasteiger partial charge >= 0.3 is 6.09 Å².